The van der Waals surface area contributed by atoms with Crippen LogP contribution in [0.1, 0.15) is 23.6 Å². The minimum absolute atomic E-state index is 0.240. The Hall–Kier alpha value is -2.60. The molecular formula is C17H15NO2. The molecule has 0 aliphatic heterocycles. The highest BCUT2D eigenvalue weighted by atomic mass is 16.5. The van der Waals surface area contributed by atoms with Crippen molar-refractivity contribution in [2.24, 2.45) is 0 Å². The summed E-state index contributed by atoms with van der Waals surface area (Å²) in [7, 11) is 0. The molecule has 0 atom stereocenters. The van der Waals surface area contributed by atoms with Crippen LogP contribution >= 0.6 is 0 Å². The molecule has 0 fully saturated rings. The molecule has 20 heavy (non-hydrogen) atoms. The molecule has 0 aromatic heterocycles. The number of esters is 1. The lowest BCUT2D eigenvalue weighted by atomic mass is 10.1. The highest BCUT2D eigenvalue weighted by molar-refractivity contribution is 5.75. The van der Waals surface area contributed by atoms with Crippen molar-refractivity contribution < 1.29 is 9.53 Å². The van der Waals surface area contributed by atoms with Gasteiger partial charge in [-0.1, -0.05) is 31.2 Å². The van der Waals surface area contributed by atoms with Crippen LogP contribution in [0.4, 0.5) is 0 Å². The van der Waals surface area contributed by atoms with Crippen molar-refractivity contribution in [2.45, 2.75) is 19.8 Å². The fourth-order valence-electron chi connectivity index (χ4n) is 1.82. The molecule has 0 unspecified atom stereocenters. The van der Waals surface area contributed by atoms with Crippen molar-refractivity contribution in [3.63, 3.8) is 0 Å². The number of nitrogens with zero attached hydrogens (tertiary/aromatic N) is 1. The predicted octanol–water partition coefficient (Wildman–Crippen LogP) is 3.27. The van der Waals surface area contributed by atoms with Gasteiger partial charge in [0.2, 0.25) is 0 Å². The van der Waals surface area contributed by atoms with Crippen LogP contribution in [0.2, 0.25) is 0 Å². The lowest BCUT2D eigenvalue weighted by Crippen LogP contribution is -2.11. The molecule has 2 aromatic rings. The van der Waals surface area contributed by atoms with Crippen LogP contribution in [0.25, 0.3) is 0 Å². The van der Waals surface area contributed by atoms with E-state index in [2.05, 4.69) is 6.92 Å². The van der Waals surface area contributed by atoms with Crippen molar-refractivity contribution in [1.29, 1.82) is 5.26 Å². The number of hydrogen-bond acceptors (Lipinski definition) is 3. The van der Waals surface area contributed by atoms with Crippen molar-refractivity contribution in [3.05, 3.63) is 65.2 Å². The highest BCUT2D eigenvalue weighted by Gasteiger charge is 2.06. The van der Waals surface area contributed by atoms with Crippen molar-refractivity contribution >= 4 is 5.97 Å². The lowest BCUT2D eigenvalue weighted by Gasteiger charge is -2.05. The lowest BCUT2D eigenvalue weighted by molar-refractivity contribution is -0.133. The van der Waals surface area contributed by atoms with Crippen LogP contribution < -0.4 is 4.74 Å². The van der Waals surface area contributed by atoms with E-state index < -0.39 is 0 Å². The molecule has 0 aliphatic carbocycles. The SMILES string of the molecule is CCc1ccc(CC(=O)Oc2ccc(C#N)cc2)cc1. The van der Waals surface area contributed by atoms with E-state index in [0.29, 0.717) is 11.3 Å². The minimum Gasteiger partial charge on any atom is -0.426 e. The van der Waals surface area contributed by atoms with Gasteiger partial charge in [0.1, 0.15) is 5.75 Å². The molecule has 0 bridgehead atoms. The fraction of sp³-hybridized carbons (Fsp3) is 0.176. The Morgan fingerprint density at radius 1 is 1.05 bits per heavy atom. The van der Waals surface area contributed by atoms with E-state index >= 15 is 0 Å². The number of rotatable bonds is 4. The summed E-state index contributed by atoms with van der Waals surface area (Å²) >= 11 is 0. The summed E-state index contributed by atoms with van der Waals surface area (Å²) in [6.07, 6.45) is 1.22. The van der Waals surface area contributed by atoms with Gasteiger partial charge in [-0.3, -0.25) is 4.79 Å². The van der Waals surface area contributed by atoms with Gasteiger partial charge in [-0.15, -0.1) is 0 Å². The number of aryl methyl sites for hydroxylation is 1. The first-order valence-corrected chi connectivity index (χ1v) is 6.50. The van der Waals surface area contributed by atoms with Gasteiger partial charge in [0.05, 0.1) is 18.1 Å². The first kappa shape index (κ1) is 13.8. The molecular weight excluding hydrogens is 250 g/mol. The zero-order chi connectivity index (χ0) is 14.4. The number of carbonyl (C=O) groups is 1. The topological polar surface area (TPSA) is 50.1 Å². The largest absolute Gasteiger partial charge is 0.426 e. The van der Waals surface area contributed by atoms with E-state index in [9.17, 15) is 4.79 Å². The third kappa shape index (κ3) is 3.69. The second-order valence-corrected chi connectivity index (χ2v) is 4.46. The molecule has 3 heteroatoms. The van der Waals surface area contributed by atoms with Gasteiger partial charge < -0.3 is 4.74 Å². The van der Waals surface area contributed by atoms with Crippen molar-refractivity contribution in [1.82, 2.24) is 0 Å². The summed E-state index contributed by atoms with van der Waals surface area (Å²) in [5, 5.41) is 8.69. The van der Waals surface area contributed by atoms with E-state index in [1.54, 1.807) is 24.3 Å². The van der Waals surface area contributed by atoms with Gasteiger partial charge in [-0.2, -0.15) is 5.26 Å². The smallest absolute Gasteiger partial charge is 0.315 e. The molecule has 0 saturated heterocycles. The maximum Gasteiger partial charge on any atom is 0.315 e. The minimum atomic E-state index is -0.307. The van der Waals surface area contributed by atoms with Gasteiger partial charge in [0, 0.05) is 0 Å². The van der Waals surface area contributed by atoms with Gasteiger partial charge in [-0.05, 0) is 41.8 Å². The maximum atomic E-state index is 11.8. The van der Waals surface area contributed by atoms with E-state index in [1.165, 1.54) is 5.56 Å². The Bertz CT molecular complexity index is 622. The summed E-state index contributed by atoms with van der Waals surface area (Å²) in [6, 6.07) is 16.4. The van der Waals surface area contributed by atoms with E-state index in [0.717, 1.165) is 12.0 Å². The molecule has 2 aromatic carbocycles. The van der Waals surface area contributed by atoms with E-state index in [-0.39, 0.29) is 12.4 Å². The zero-order valence-corrected chi connectivity index (χ0v) is 11.3. The quantitative estimate of drug-likeness (QED) is 0.629. The normalized spacial score (nSPS) is 9.80. The maximum absolute atomic E-state index is 11.8. The van der Waals surface area contributed by atoms with Gasteiger partial charge in [-0.25, -0.2) is 0 Å². The number of benzene rings is 2. The van der Waals surface area contributed by atoms with Gasteiger partial charge in [0.15, 0.2) is 0 Å². The Labute approximate surface area is 118 Å². The standard InChI is InChI=1S/C17H15NO2/c1-2-13-3-5-14(6-4-13)11-17(19)20-16-9-7-15(12-18)8-10-16/h3-10H,2,11H2,1H3. The van der Waals surface area contributed by atoms with E-state index in [1.807, 2.05) is 30.3 Å². The Morgan fingerprint density at radius 2 is 1.65 bits per heavy atom. The monoisotopic (exact) mass is 265 g/mol. The van der Waals surface area contributed by atoms with Gasteiger partial charge >= 0.3 is 5.97 Å². The Morgan fingerprint density at radius 3 is 2.20 bits per heavy atom. The molecule has 0 N–H and O–H groups in total. The number of carbonyl (C=O) groups excluding carboxylic acids is 1. The average Bonchev–Trinajstić information content (AvgIpc) is 2.49. The second-order valence-electron chi connectivity index (χ2n) is 4.46. The Balaban J connectivity index is 1.95. The summed E-state index contributed by atoms with van der Waals surface area (Å²) < 4.78 is 5.23. The molecule has 0 amide bonds. The van der Waals surface area contributed by atoms with Crippen LogP contribution in [0.15, 0.2) is 48.5 Å². The molecule has 0 aliphatic rings. The summed E-state index contributed by atoms with van der Waals surface area (Å²) in [6.45, 7) is 2.09. The third-order valence-corrected chi connectivity index (χ3v) is 2.99. The number of nitriles is 1. The second kappa shape index (κ2) is 6.53. The molecule has 0 saturated carbocycles. The molecule has 0 spiro atoms. The van der Waals surface area contributed by atoms with Crippen molar-refractivity contribution in [3.8, 4) is 11.8 Å². The number of ether oxygens (including phenoxy) is 1. The van der Waals surface area contributed by atoms with Crippen LogP contribution in [-0.2, 0) is 17.6 Å². The van der Waals surface area contributed by atoms with Crippen LogP contribution in [0.3, 0.4) is 0 Å². The first-order valence-electron chi connectivity index (χ1n) is 6.50. The average molecular weight is 265 g/mol. The van der Waals surface area contributed by atoms with Crippen LogP contribution in [0.5, 0.6) is 5.75 Å². The molecule has 3 nitrogen and oxygen atoms in total. The first-order chi connectivity index (χ1) is 9.71. The molecule has 0 heterocycles. The summed E-state index contributed by atoms with van der Waals surface area (Å²) in [4.78, 5) is 11.8. The van der Waals surface area contributed by atoms with E-state index in [4.69, 9.17) is 10.00 Å². The Kier molecular flexibility index (Phi) is 4.52. The predicted molar refractivity (Wildman–Crippen MR) is 76.3 cm³/mol. The summed E-state index contributed by atoms with van der Waals surface area (Å²) in [5.74, 6) is 0.151. The fourth-order valence-corrected chi connectivity index (χ4v) is 1.82. The number of hydrogen-bond donors (Lipinski definition) is 0. The van der Waals surface area contributed by atoms with Crippen LogP contribution in [0, 0.1) is 11.3 Å². The van der Waals surface area contributed by atoms with Gasteiger partial charge in [0.25, 0.3) is 0 Å². The molecule has 0 radical (unpaired) electrons. The highest BCUT2D eigenvalue weighted by Crippen LogP contribution is 2.13. The third-order valence-electron chi connectivity index (χ3n) is 2.99. The zero-order valence-electron chi connectivity index (χ0n) is 11.3. The van der Waals surface area contributed by atoms with Crippen molar-refractivity contribution in [2.75, 3.05) is 0 Å². The summed E-state index contributed by atoms with van der Waals surface area (Å²) in [5.41, 5.74) is 2.72. The van der Waals surface area contributed by atoms with Crippen LogP contribution in [-0.4, -0.2) is 5.97 Å². The molecule has 2 rings (SSSR count). The molecule has 100 valence electrons.